The second kappa shape index (κ2) is 8.32. The standard InChI is InChI=1S/C16H15Cl2NOS/c17-14-7-6-13(15(18)8-14)10-21-11-16(20)19-9-12-4-2-1-3-5-12/h1-8H,9-11H2,(H,19,20). The van der Waals surface area contributed by atoms with Gasteiger partial charge < -0.3 is 5.32 Å². The summed E-state index contributed by atoms with van der Waals surface area (Å²) in [5, 5.41) is 4.15. The van der Waals surface area contributed by atoms with Crippen molar-refractivity contribution in [3.8, 4) is 0 Å². The van der Waals surface area contributed by atoms with Crippen LogP contribution < -0.4 is 5.32 Å². The van der Waals surface area contributed by atoms with Gasteiger partial charge in [0.1, 0.15) is 0 Å². The van der Waals surface area contributed by atoms with Crippen molar-refractivity contribution in [3.63, 3.8) is 0 Å². The molecular weight excluding hydrogens is 325 g/mol. The molecule has 2 aromatic carbocycles. The maximum atomic E-state index is 11.8. The summed E-state index contributed by atoms with van der Waals surface area (Å²) in [7, 11) is 0. The molecule has 0 radical (unpaired) electrons. The lowest BCUT2D eigenvalue weighted by Crippen LogP contribution is -2.24. The maximum Gasteiger partial charge on any atom is 0.230 e. The van der Waals surface area contributed by atoms with Crippen molar-refractivity contribution in [2.45, 2.75) is 12.3 Å². The predicted octanol–water partition coefficient (Wildman–Crippen LogP) is 4.54. The third-order valence-corrected chi connectivity index (χ3v) is 4.41. The highest BCUT2D eigenvalue weighted by molar-refractivity contribution is 7.99. The molecule has 0 unspecified atom stereocenters. The monoisotopic (exact) mass is 339 g/mol. The fraction of sp³-hybridized carbons (Fsp3) is 0.188. The van der Waals surface area contributed by atoms with Gasteiger partial charge in [-0.25, -0.2) is 0 Å². The average Bonchev–Trinajstić information content (AvgIpc) is 2.48. The van der Waals surface area contributed by atoms with Gasteiger partial charge in [0.25, 0.3) is 0 Å². The fourth-order valence-corrected chi connectivity index (χ4v) is 3.16. The van der Waals surface area contributed by atoms with Crippen molar-refractivity contribution in [2.24, 2.45) is 0 Å². The van der Waals surface area contributed by atoms with E-state index in [0.717, 1.165) is 11.1 Å². The van der Waals surface area contributed by atoms with E-state index in [1.165, 1.54) is 11.8 Å². The zero-order valence-electron chi connectivity index (χ0n) is 11.3. The Morgan fingerprint density at radius 3 is 2.57 bits per heavy atom. The number of nitrogens with one attached hydrogen (secondary N) is 1. The molecule has 2 aromatic rings. The molecule has 0 fully saturated rings. The molecule has 5 heteroatoms. The minimum Gasteiger partial charge on any atom is -0.351 e. The predicted molar refractivity (Wildman–Crippen MR) is 90.9 cm³/mol. The molecule has 0 bridgehead atoms. The molecule has 0 spiro atoms. The van der Waals surface area contributed by atoms with Crippen LogP contribution in [-0.2, 0) is 17.1 Å². The van der Waals surface area contributed by atoms with E-state index >= 15 is 0 Å². The smallest absolute Gasteiger partial charge is 0.230 e. The highest BCUT2D eigenvalue weighted by atomic mass is 35.5. The number of carbonyl (C=O) groups excluding carboxylic acids is 1. The largest absolute Gasteiger partial charge is 0.351 e. The number of thioether (sulfide) groups is 1. The quantitative estimate of drug-likeness (QED) is 0.836. The molecule has 0 aromatic heterocycles. The number of benzene rings is 2. The first-order valence-corrected chi connectivity index (χ1v) is 8.38. The van der Waals surface area contributed by atoms with Crippen LogP contribution in [0.1, 0.15) is 11.1 Å². The van der Waals surface area contributed by atoms with E-state index in [9.17, 15) is 4.79 Å². The Morgan fingerprint density at radius 1 is 1.10 bits per heavy atom. The van der Waals surface area contributed by atoms with E-state index < -0.39 is 0 Å². The maximum absolute atomic E-state index is 11.8. The van der Waals surface area contributed by atoms with E-state index in [-0.39, 0.29) is 5.91 Å². The SMILES string of the molecule is O=C(CSCc1ccc(Cl)cc1Cl)NCc1ccccc1. The van der Waals surface area contributed by atoms with Gasteiger partial charge in [0.05, 0.1) is 5.75 Å². The summed E-state index contributed by atoms with van der Waals surface area (Å²) < 4.78 is 0. The number of rotatable bonds is 6. The summed E-state index contributed by atoms with van der Waals surface area (Å²) in [6, 6.07) is 15.3. The van der Waals surface area contributed by atoms with Crippen LogP contribution in [0, 0.1) is 0 Å². The number of amides is 1. The van der Waals surface area contributed by atoms with Crippen LogP contribution in [0.3, 0.4) is 0 Å². The van der Waals surface area contributed by atoms with Crippen molar-refractivity contribution >= 4 is 40.9 Å². The summed E-state index contributed by atoms with van der Waals surface area (Å²) in [5.74, 6) is 1.12. The fourth-order valence-electron chi connectivity index (χ4n) is 1.74. The zero-order valence-corrected chi connectivity index (χ0v) is 13.6. The normalized spacial score (nSPS) is 10.4. The van der Waals surface area contributed by atoms with E-state index in [1.807, 2.05) is 36.4 Å². The van der Waals surface area contributed by atoms with Crippen LogP contribution >= 0.6 is 35.0 Å². The molecule has 0 aliphatic heterocycles. The molecule has 0 saturated heterocycles. The first-order valence-electron chi connectivity index (χ1n) is 6.47. The molecule has 0 heterocycles. The van der Waals surface area contributed by atoms with E-state index in [2.05, 4.69) is 5.32 Å². The summed E-state index contributed by atoms with van der Waals surface area (Å²) in [6.07, 6.45) is 0. The Hall–Kier alpha value is -1.16. The highest BCUT2D eigenvalue weighted by Gasteiger charge is 2.05. The second-order valence-corrected chi connectivity index (χ2v) is 6.32. The number of halogens is 2. The molecule has 2 rings (SSSR count). The summed E-state index contributed by atoms with van der Waals surface area (Å²) in [6.45, 7) is 0.557. The Labute approximate surface area is 138 Å². The number of carbonyl (C=O) groups is 1. The Kier molecular flexibility index (Phi) is 6.43. The average molecular weight is 340 g/mol. The third kappa shape index (κ3) is 5.62. The van der Waals surface area contributed by atoms with Crippen LogP contribution in [0.5, 0.6) is 0 Å². The van der Waals surface area contributed by atoms with Crippen LogP contribution in [0.25, 0.3) is 0 Å². The third-order valence-electron chi connectivity index (χ3n) is 2.84. The van der Waals surface area contributed by atoms with Crippen LogP contribution in [0.15, 0.2) is 48.5 Å². The Balaban J connectivity index is 1.72. The van der Waals surface area contributed by atoms with E-state index in [0.29, 0.717) is 28.1 Å². The Bertz CT molecular complexity index is 604. The number of hydrogen-bond acceptors (Lipinski definition) is 2. The van der Waals surface area contributed by atoms with Gasteiger partial charge in [-0.1, -0.05) is 59.6 Å². The molecule has 1 N–H and O–H groups in total. The molecule has 21 heavy (non-hydrogen) atoms. The van der Waals surface area contributed by atoms with Gasteiger partial charge in [-0.05, 0) is 23.3 Å². The first-order chi connectivity index (χ1) is 10.1. The first kappa shape index (κ1) is 16.2. The molecule has 0 aliphatic rings. The summed E-state index contributed by atoms with van der Waals surface area (Å²) in [4.78, 5) is 11.8. The van der Waals surface area contributed by atoms with Crippen LogP contribution in [0.2, 0.25) is 10.0 Å². The molecule has 0 atom stereocenters. The van der Waals surface area contributed by atoms with Gasteiger partial charge in [-0.2, -0.15) is 0 Å². The topological polar surface area (TPSA) is 29.1 Å². The second-order valence-electron chi connectivity index (χ2n) is 4.49. The molecule has 110 valence electrons. The van der Waals surface area contributed by atoms with Crippen molar-refractivity contribution in [2.75, 3.05) is 5.75 Å². The summed E-state index contributed by atoms with van der Waals surface area (Å²) >= 11 is 13.5. The lowest BCUT2D eigenvalue weighted by atomic mass is 10.2. The molecule has 0 saturated carbocycles. The van der Waals surface area contributed by atoms with Crippen molar-refractivity contribution in [1.29, 1.82) is 0 Å². The molecule has 2 nitrogen and oxygen atoms in total. The van der Waals surface area contributed by atoms with E-state index in [4.69, 9.17) is 23.2 Å². The van der Waals surface area contributed by atoms with Gasteiger partial charge in [0.15, 0.2) is 0 Å². The van der Waals surface area contributed by atoms with Gasteiger partial charge in [-0.3, -0.25) is 4.79 Å². The van der Waals surface area contributed by atoms with Crippen LogP contribution in [0.4, 0.5) is 0 Å². The molecular formula is C16H15Cl2NOS. The molecule has 1 amide bonds. The van der Waals surface area contributed by atoms with E-state index in [1.54, 1.807) is 12.1 Å². The van der Waals surface area contributed by atoms with Crippen molar-refractivity contribution < 1.29 is 4.79 Å². The van der Waals surface area contributed by atoms with Gasteiger partial charge in [-0.15, -0.1) is 11.8 Å². The van der Waals surface area contributed by atoms with Gasteiger partial charge in [0.2, 0.25) is 5.91 Å². The lowest BCUT2D eigenvalue weighted by Gasteiger charge is -2.06. The van der Waals surface area contributed by atoms with Gasteiger partial charge in [0, 0.05) is 22.3 Å². The van der Waals surface area contributed by atoms with Crippen LogP contribution in [-0.4, -0.2) is 11.7 Å². The summed E-state index contributed by atoms with van der Waals surface area (Å²) in [5.41, 5.74) is 2.08. The lowest BCUT2D eigenvalue weighted by molar-refractivity contribution is -0.118. The van der Waals surface area contributed by atoms with Crippen molar-refractivity contribution in [1.82, 2.24) is 5.32 Å². The highest BCUT2D eigenvalue weighted by Crippen LogP contribution is 2.24. The zero-order chi connectivity index (χ0) is 15.1. The van der Waals surface area contributed by atoms with Gasteiger partial charge >= 0.3 is 0 Å². The number of hydrogen-bond donors (Lipinski definition) is 1. The van der Waals surface area contributed by atoms with Crippen molar-refractivity contribution in [3.05, 3.63) is 69.7 Å². The Morgan fingerprint density at radius 2 is 1.86 bits per heavy atom. The minimum atomic E-state index is 0.0222. The minimum absolute atomic E-state index is 0.0222. The molecule has 0 aliphatic carbocycles.